The fourth-order valence-corrected chi connectivity index (χ4v) is 7.84. The van der Waals surface area contributed by atoms with E-state index in [4.69, 9.17) is 0 Å². The molecule has 40 heavy (non-hydrogen) atoms. The minimum atomic E-state index is -1.18. The van der Waals surface area contributed by atoms with Crippen LogP contribution >= 0.6 is 0 Å². The number of nitrogens with one attached hydrogen (secondary N) is 1. The third kappa shape index (κ3) is 6.37. The van der Waals surface area contributed by atoms with Gasteiger partial charge in [-0.1, -0.05) is 59.8 Å². The fraction of sp³-hybridized carbons (Fsp3) is 0.618. The van der Waals surface area contributed by atoms with Crippen molar-refractivity contribution in [1.82, 2.24) is 5.32 Å². The molecule has 0 radical (unpaired) electrons. The molecule has 0 saturated heterocycles. The van der Waals surface area contributed by atoms with Gasteiger partial charge in [0, 0.05) is 23.9 Å². The van der Waals surface area contributed by atoms with Crippen molar-refractivity contribution in [3.8, 4) is 0 Å². The molecule has 7 atom stereocenters. The summed E-state index contributed by atoms with van der Waals surface area (Å²) in [5.74, 6) is -0.797. The van der Waals surface area contributed by atoms with Crippen molar-refractivity contribution in [2.45, 2.75) is 77.4 Å². The van der Waals surface area contributed by atoms with E-state index in [9.17, 15) is 25.2 Å². The Morgan fingerprint density at radius 2 is 1.98 bits per heavy atom. The second kappa shape index (κ2) is 14.2. The number of allylic oxidation sites excluding steroid dienone is 10. The van der Waals surface area contributed by atoms with Crippen LogP contribution in [0.2, 0.25) is 0 Å². The predicted molar refractivity (Wildman–Crippen MR) is 161 cm³/mol. The van der Waals surface area contributed by atoms with Gasteiger partial charge in [0.15, 0.2) is 0 Å². The molecule has 6 heteroatoms. The first-order valence-corrected chi connectivity index (χ1v) is 14.9. The molecule has 0 unspecified atom stereocenters. The monoisotopic (exact) mass is 553 g/mol. The van der Waals surface area contributed by atoms with E-state index < -0.39 is 17.1 Å². The van der Waals surface area contributed by atoms with Crippen molar-refractivity contribution in [2.24, 2.45) is 29.1 Å². The van der Waals surface area contributed by atoms with Gasteiger partial charge < -0.3 is 25.7 Å². The van der Waals surface area contributed by atoms with Gasteiger partial charge in [-0.25, -0.2) is 0 Å². The largest absolute Gasteiger partial charge is 0.396 e. The standard InChI is InChI=1S/C34H51NO5/c1-23(2)8-6-9-24(3)10-7-11-28(22-38)29-14-16-34(32(29)39)31-26(15-19-36)12-13-27(30(31)25(4)21-37)20-33(34,40)17-18-35-5/h7-8,10-13,21,26-27,29,31-32,35-36,38-40H,3,6,9,14-20,22H2,1-2,4-5H3/b10-7+,28-11-,30-25?/t26-,27-,29-,31-,32+,33+,34+/m0/s1. The maximum Gasteiger partial charge on any atom is 0.145 e. The Hall–Kier alpha value is -2.09. The number of fused-ring (bicyclic) bond motifs is 3. The van der Waals surface area contributed by atoms with Gasteiger partial charge in [0.25, 0.3) is 0 Å². The average Bonchev–Trinajstić information content (AvgIpc) is 3.27. The number of hydrogen-bond donors (Lipinski definition) is 5. The van der Waals surface area contributed by atoms with E-state index in [1.54, 1.807) is 0 Å². The van der Waals surface area contributed by atoms with Crippen LogP contribution in [0.3, 0.4) is 0 Å². The van der Waals surface area contributed by atoms with Gasteiger partial charge in [0.05, 0.1) is 18.3 Å². The summed E-state index contributed by atoms with van der Waals surface area (Å²) < 4.78 is 0. The number of aliphatic hydroxyl groups excluding tert-OH is 3. The Morgan fingerprint density at radius 1 is 1.23 bits per heavy atom. The van der Waals surface area contributed by atoms with Gasteiger partial charge in [0.1, 0.15) is 6.29 Å². The summed E-state index contributed by atoms with van der Waals surface area (Å²) in [6.07, 6.45) is 16.5. The summed E-state index contributed by atoms with van der Waals surface area (Å²) in [6, 6.07) is 0. The third-order valence-electron chi connectivity index (χ3n) is 9.71. The summed E-state index contributed by atoms with van der Waals surface area (Å²) in [4.78, 5) is 12.1. The van der Waals surface area contributed by atoms with Crippen LogP contribution in [-0.2, 0) is 4.79 Å². The molecule has 0 aromatic rings. The molecule has 0 heterocycles. The molecule has 3 rings (SSSR count). The SMILES string of the molecule is C=C(/C=C/C=C(/CO)[C@@H]1CC[C@]2([C@@H]1O)[C@@H]1C(=C(C)C=O)[C@@H](C=C[C@H]1CCO)C[C@]2(O)CCNC)CCC=C(C)C. The van der Waals surface area contributed by atoms with Crippen molar-refractivity contribution in [3.05, 3.63) is 70.9 Å². The zero-order chi connectivity index (χ0) is 29.5. The molecule has 3 aliphatic rings. The van der Waals surface area contributed by atoms with Crippen LogP contribution in [0, 0.1) is 29.1 Å². The van der Waals surface area contributed by atoms with Crippen LogP contribution in [0.4, 0.5) is 0 Å². The number of carbonyl (C=O) groups excluding carboxylic acids is 1. The highest BCUT2D eigenvalue weighted by molar-refractivity contribution is 5.74. The third-order valence-corrected chi connectivity index (χ3v) is 9.71. The first-order chi connectivity index (χ1) is 19.1. The maximum absolute atomic E-state index is 12.5. The summed E-state index contributed by atoms with van der Waals surface area (Å²) in [7, 11) is 1.86. The summed E-state index contributed by atoms with van der Waals surface area (Å²) in [5, 5.41) is 48.3. The quantitative estimate of drug-likeness (QED) is 0.0989. The molecule has 6 nitrogen and oxygen atoms in total. The Labute approximate surface area is 241 Å². The summed E-state index contributed by atoms with van der Waals surface area (Å²) >= 11 is 0. The first-order valence-electron chi connectivity index (χ1n) is 14.9. The van der Waals surface area contributed by atoms with Gasteiger partial charge in [-0.05, 0) is 102 Å². The molecule has 0 aromatic heterocycles. The lowest BCUT2D eigenvalue weighted by Crippen LogP contribution is -2.65. The molecule has 222 valence electrons. The molecule has 2 fully saturated rings. The topological polar surface area (TPSA) is 110 Å². The first kappa shape index (κ1) is 32.4. The van der Waals surface area contributed by atoms with E-state index in [1.807, 2.05) is 32.2 Å². The molecule has 1 spiro atoms. The van der Waals surface area contributed by atoms with Crippen LogP contribution in [0.15, 0.2) is 70.9 Å². The Balaban J connectivity index is 2.03. The molecule has 0 aromatic carbocycles. The van der Waals surface area contributed by atoms with Crippen LogP contribution in [0.25, 0.3) is 0 Å². The van der Waals surface area contributed by atoms with E-state index >= 15 is 0 Å². The smallest absolute Gasteiger partial charge is 0.145 e. The van der Waals surface area contributed by atoms with Gasteiger partial charge in [-0.3, -0.25) is 4.79 Å². The van der Waals surface area contributed by atoms with E-state index in [1.165, 1.54) is 5.57 Å². The predicted octanol–water partition coefficient (Wildman–Crippen LogP) is 4.58. The average molecular weight is 554 g/mol. The Morgan fingerprint density at radius 3 is 2.60 bits per heavy atom. The van der Waals surface area contributed by atoms with Crippen LogP contribution in [0.1, 0.15) is 65.7 Å². The van der Waals surface area contributed by atoms with Crippen LogP contribution in [-0.4, -0.2) is 65.2 Å². The van der Waals surface area contributed by atoms with E-state index in [0.717, 1.165) is 35.8 Å². The zero-order valence-electron chi connectivity index (χ0n) is 24.9. The molecule has 2 saturated carbocycles. The van der Waals surface area contributed by atoms with E-state index in [-0.39, 0.29) is 36.9 Å². The highest BCUT2D eigenvalue weighted by Crippen LogP contribution is 2.67. The fourth-order valence-electron chi connectivity index (χ4n) is 7.84. The van der Waals surface area contributed by atoms with Crippen molar-refractivity contribution in [2.75, 3.05) is 26.8 Å². The van der Waals surface area contributed by atoms with Crippen molar-refractivity contribution < 1.29 is 25.2 Å². The van der Waals surface area contributed by atoms with Crippen LogP contribution < -0.4 is 5.32 Å². The lowest BCUT2D eigenvalue weighted by molar-refractivity contribution is -0.194. The minimum Gasteiger partial charge on any atom is -0.396 e. The molecule has 0 amide bonds. The number of hydrogen-bond acceptors (Lipinski definition) is 6. The second-order valence-electron chi connectivity index (χ2n) is 12.4. The van der Waals surface area contributed by atoms with Crippen molar-refractivity contribution in [1.29, 1.82) is 0 Å². The lowest BCUT2D eigenvalue weighted by atomic mass is 9.45. The molecule has 0 aliphatic heterocycles. The Bertz CT molecular complexity index is 1060. The number of carbonyl (C=O) groups is 1. The number of aldehydes is 1. The van der Waals surface area contributed by atoms with E-state index in [2.05, 4.69) is 44.0 Å². The van der Waals surface area contributed by atoms with E-state index in [0.29, 0.717) is 44.2 Å². The minimum absolute atomic E-state index is 0.0156. The maximum atomic E-state index is 12.5. The van der Waals surface area contributed by atoms with Gasteiger partial charge in [-0.2, -0.15) is 0 Å². The number of aliphatic hydroxyl groups is 4. The van der Waals surface area contributed by atoms with Gasteiger partial charge >= 0.3 is 0 Å². The van der Waals surface area contributed by atoms with Crippen molar-refractivity contribution >= 4 is 6.29 Å². The molecular formula is C34H51NO5. The van der Waals surface area contributed by atoms with Gasteiger partial charge in [-0.15, -0.1) is 0 Å². The van der Waals surface area contributed by atoms with Crippen molar-refractivity contribution in [3.63, 3.8) is 0 Å². The molecule has 5 N–H and O–H groups in total. The van der Waals surface area contributed by atoms with Gasteiger partial charge in [0.2, 0.25) is 0 Å². The van der Waals surface area contributed by atoms with Crippen LogP contribution in [0.5, 0.6) is 0 Å². The highest BCUT2D eigenvalue weighted by atomic mass is 16.3. The summed E-state index contributed by atoms with van der Waals surface area (Å²) in [5.41, 5.74) is 2.56. The lowest BCUT2D eigenvalue weighted by Gasteiger charge is -2.61. The zero-order valence-corrected chi connectivity index (χ0v) is 24.9. The Kier molecular flexibility index (Phi) is 11.5. The molecular weight excluding hydrogens is 502 g/mol. The second-order valence-corrected chi connectivity index (χ2v) is 12.4. The molecule has 3 aliphatic carbocycles. The molecule has 2 bridgehead atoms. The summed E-state index contributed by atoms with van der Waals surface area (Å²) in [6.45, 7) is 10.5. The highest BCUT2D eigenvalue weighted by Gasteiger charge is 2.68. The normalized spacial score (nSPS) is 34.9. The number of rotatable bonds is 13.